The van der Waals surface area contributed by atoms with E-state index in [9.17, 15) is 0 Å². The van der Waals surface area contributed by atoms with Gasteiger partial charge in [-0.3, -0.25) is 4.98 Å². The van der Waals surface area contributed by atoms with E-state index in [-0.39, 0.29) is 30.4 Å². The summed E-state index contributed by atoms with van der Waals surface area (Å²) in [4.78, 5) is 4.46. The molecule has 174 valence electrons. The van der Waals surface area contributed by atoms with Gasteiger partial charge in [0.15, 0.2) is 0 Å². The average Bonchev–Trinajstić information content (AvgIpc) is 2.78. The van der Waals surface area contributed by atoms with E-state index < -0.39 is 0 Å². The van der Waals surface area contributed by atoms with Gasteiger partial charge in [0.2, 0.25) is 0 Å². The fourth-order valence-electron chi connectivity index (χ4n) is 4.41. The first-order valence-corrected chi connectivity index (χ1v) is 10.7. The first kappa shape index (κ1) is 26.5. The van der Waals surface area contributed by atoms with Crippen molar-refractivity contribution in [3.63, 3.8) is 0 Å². The molecule has 1 aliphatic carbocycles. The molecule has 1 heterocycles. The van der Waals surface area contributed by atoms with Crippen LogP contribution in [0.5, 0.6) is 11.5 Å². The van der Waals surface area contributed by atoms with E-state index in [2.05, 4.69) is 22.4 Å². The summed E-state index contributed by atoms with van der Waals surface area (Å²) in [6, 6.07) is 14.3. The predicted octanol–water partition coefficient (Wildman–Crippen LogP) is 5.64. The molecule has 5 nitrogen and oxygen atoms in total. The fourth-order valence-corrected chi connectivity index (χ4v) is 4.58. The molecule has 0 radical (unpaired) electrons. The molecule has 3 N–H and O–H groups in total. The van der Waals surface area contributed by atoms with E-state index in [4.69, 9.17) is 26.8 Å². The summed E-state index contributed by atoms with van der Waals surface area (Å²) in [5.41, 5.74) is 9.76. The Labute approximate surface area is 206 Å². The molecule has 32 heavy (non-hydrogen) atoms. The minimum atomic E-state index is -0.342. The summed E-state index contributed by atoms with van der Waals surface area (Å²) >= 11 is 6.14. The van der Waals surface area contributed by atoms with Gasteiger partial charge in [-0.05, 0) is 55.5 Å². The zero-order valence-electron chi connectivity index (χ0n) is 18.3. The number of hydrogen-bond acceptors (Lipinski definition) is 5. The highest BCUT2D eigenvalue weighted by Gasteiger charge is 2.34. The van der Waals surface area contributed by atoms with Crippen molar-refractivity contribution in [2.24, 2.45) is 5.73 Å². The lowest BCUT2D eigenvalue weighted by molar-refractivity contribution is 0.252. The second-order valence-corrected chi connectivity index (χ2v) is 8.45. The summed E-state index contributed by atoms with van der Waals surface area (Å²) in [5, 5.41) is 5.47. The van der Waals surface area contributed by atoms with Gasteiger partial charge < -0.3 is 20.5 Å². The summed E-state index contributed by atoms with van der Waals surface area (Å²) in [7, 11) is 3.35. The number of nitrogens with two attached hydrogens (primary N) is 1. The first-order valence-electron chi connectivity index (χ1n) is 10.3. The lowest BCUT2D eigenvalue weighted by atomic mass is 9.74. The average molecular weight is 499 g/mol. The van der Waals surface area contributed by atoms with E-state index in [1.165, 1.54) is 5.56 Å². The van der Waals surface area contributed by atoms with Crippen molar-refractivity contribution in [1.82, 2.24) is 10.3 Å². The summed E-state index contributed by atoms with van der Waals surface area (Å²) < 4.78 is 10.8. The van der Waals surface area contributed by atoms with E-state index in [1.54, 1.807) is 14.2 Å². The van der Waals surface area contributed by atoms with Crippen molar-refractivity contribution in [2.75, 3.05) is 14.2 Å². The monoisotopic (exact) mass is 497 g/mol. The zero-order valence-corrected chi connectivity index (χ0v) is 20.7. The Hall–Kier alpha value is -1.76. The molecule has 0 bridgehead atoms. The van der Waals surface area contributed by atoms with Gasteiger partial charge in [-0.25, -0.2) is 0 Å². The van der Waals surface area contributed by atoms with Gasteiger partial charge in [0, 0.05) is 46.4 Å². The fraction of sp³-hybridized carbons (Fsp3) is 0.375. The van der Waals surface area contributed by atoms with Crippen LogP contribution in [0.3, 0.4) is 0 Å². The van der Waals surface area contributed by atoms with Crippen LogP contribution in [0.2, 0.25) is 5.02 Å². The SMILES string of the molecule is COc1ccc(CNC2CCC(N)(c3ccnc4cc(Cl)ccc34)CC2)c(OC)c1.Cl.Cl. The third-order valence-corrected chi connectivity index (χ3v) is 6.43. The van der Waals surface area contributed by atoms with Crippen LogP contribution in [0, 0.1) is 0 Å². The number of fused-ring (bicyclic) bond motifs is 1. The number of halogens is 3. The molecule has 0 unspecified atom stereocenters. The van der Waals surface area contributed by atoms with Crippen molar-refractivity contribution < 1.29 is 9.47 Å². The number of benzene rings is 2. The highest BCUT2D eigenvalue weighted by Crippen LogP contribution is 2.38. The van der Waals surface area contributed by atoms with E-state index >= 15 is 0 Å². The summed E-state index contributed by atoms with van der Waals surface area (Å²) in [5.74, 6) is 1.64. The summed E-state index contributed by atoms with van der Waals surface area (Å²) in [6.07, 6.45) is 5.72. The second kappa shape index (κ2) is 11.4. The Balaban J connectivity index is 0.00000181. The minimum Gasteiger partial charge on any atom is -0.497 e. The molecule has 1 fully saturated rings. The van der Waals surface area contributed by atoms with Gasteiger partial charge in [0.05, 0.1) is 19.7 Å². The first-order chi connectivity index (χ1) is 14.5. The largest absolute Gasteiger partial charge is 0.497 e. The number of nitrogens with zero attached hydrogens (tertiary/aromatic N) is 1. The molecule has 0 saturated heterocycles. The van der Waals surface area contributed by atoms with Crippen LogP contribution in [0.4, 0.5) is 0 Å². The van der Waals surface area contributed by atoms with Crippen molar-refractivity contribution in [1.29, 1.82) is 0 Å². The molecule has 1 aromatic heterocycles. The molecule has 2 aromatic carbocycles. The number of rotatable bonds is 6. The topological polar surface area (TPSA) is 69.4 Å². The van der Waals surface area contributed by atoms with E-state index in [1.807, 2.05) is 36.5 Å². The molecular weight excluding hydrogens is 469 g/mol. The number of hydrogen-bond donors (Lipinski definition) is 2. The van der Waals surface area contributed by atoms with Gasteiger partial charge in [-0.1, -0.05) is 23.7 Å². The van der Waals surface area contributed by atoms with Crippen LogP contribution in [-0.2, 0) is 12.1 Å². The molecular formula is C24H30Cl3N3O2. The lowest BCUT2D eigenvalue weighted by Crippen LogP contribution is -2.45. The van der Waals surface area contributed by atoms with Gasteiger partial charge in [-0.2, -0.15) is 0 Å². The highest BCUT2D eigenvalue weighted by molar-refractivity contribution is 6.31. The standard InChI is InChI=1S/C24H28ClN3O2.2ClH/c1-29-19-5-3-16(23(14-19)30-2)15-28-18-7-10-24(26,11-8-18)21-9-12-27-22-13-17(25)4-6-20(21)22;;/h3-6,9,12-14,18,28H,7-8,10-11,15,26H2,1-2H3;2*1H. The maximum absolute atomic E-state index is 6.91. The van der Waals surface area contributed by atoms with Gasteiger partial charge in [0.25, 0.3) is 0 Å². The predicted molar refractivity (Wildman–Crippen MR) is 136 cm³/mol. The molecule has 1 saturated carbocycles. The van der Waals surface area contributed by atoms with Crippen molar-refractivity contribution in [2.45, 2.75) is 43.8 Å². The number of pyridine rings is 1. The Morgan fingerprint density at radius 3 is 2.50 bits per heavy atom. The lowest BCUT2D eigenvalue weighted by Gasteiger charge is -2.38. The highest BCUT2D eigenvalue weighted by atomic mass is 35.5. The number of aromatic nitrogens is 1. The van der Waals surface area contributed by atoms with Gasteiger partial charge >= 0.3 is 0 Å². The zero-order chi connectivity index (χ0) is 21.1. The van der Waals surface area contributed by atoms with Crippen LogP contribution in [0.25, 0.3) is 10.9 Å². The van der Waals surface area contributed by atoms with Crippen LogP contribution in [0.15, 0.2) is 48.7 Å². The van der Waals surface area contributed by atoms with E-state index in [0.717, 1.165) is 60.2 Å². The smallest absolute Gasteiger partial charge is 0.127 e. The van der Waals surface area contributed by atoms with Crippen molar-refractivity contribution in [3.8, 4) is 11.5 Å². The minimum absolute atomic E-state index is 0. The summed E-state index contributed by atoms with van der Waals surface area (Å²) in [6.45, 7) is 0.756. The molecule has 8 heteroatoms. The Morgan fingerprint density at radius 1 is 1.06 bits per heavy atom. The molecule has 0 atom stereocenters. The third kappa shape index (κ3) is 5.59. The Bertz CT molecular complexity index is 1040. The molecule has 0 aliphatic heterocycles. The van der Waals surface area contributed by atoms with Crippen LogP contribution >= 0.6 is 36.4 Å². The maximum Gasteiger partial charge on any atom is 0.127 e. The number of nitrogens with one attached hydrogen (secondary N) is 1. The van der Waals surface area contributed by atoms with Crippen LogP contribution < -0.4 is 20.5 Å². The third-order valence-electron chi connectivity index (χ3n) is 6.19. The van der Waals surface area contributed by atoms with Crippen molar-refractivity contribution in [3.05, 3.63) is 64.8 Å². The second-order valence-electron chi connectivity index (χ2n) is 8.01. The molecule has 4 rings (SSSR count). The Kier molecular flexibility index (Phi) is 9.43. The van der Waals surface area contributed by atoms with Crippen molar-refractivity contribution >= 4 is 47.3 Å². The molecule has 0 amide bonds. The molecule has 0 spiro atoms. The molecule has 1 aliphatic rings. The van der Waals surface area contributed by atoms with Gasteiger partial charge in [-0.15, -0.1) is 24.8 Å². The van der Waals surface area contributed by atoms with E-state index in [0.29, 0.717) is 11.1 Å². The number of methoxy groups -OCH3 is 2. The Morgan fingerprint density at radius 2 is 1.81 bits per heavy atom. The van der Waals surface area contributed by atoms with Crippen LogP contribution in [-0.4, -0.2) is 25.2 Å². The number of ether oxygens (including phenoxy) is 2. The van der Waals surface area contributed by atoms with Gasteiger partial charge in [0.1, 0.15) is 11.5 Å². The normalized spacial score (nSPS) is 20.2. The maximum atomic E-state index is 6.91. The quantitative estimate of drug-likeness (QED) is 0.460. The van der Waals surface area contributed by atoms with Crippen LogP contribution in [0.1, 0.15) is 36.8 Å². The molecule has 3 aromatic rings.